The zero-order chi connectivity index (χ0) is 20.4. The van der Waals surface area contributed by atoms with Gasteiger partial charge in [-0.2, -0.15) is 0 Å². The molecule has 154 valence electrons. The summed E-state index contributed by atoms with van der Waals surface area (Å²) in [5.41, 5.74) is 0.457. The fourth-order valence-electron chi connectivity index (χ4n) is 3.38. The van der Waals surface area contributed by atoms with Gasteiger partial charge in [-0.1, -0.05) is 11.6 Å². The van der Waals surface area contributed by atoms with Crippen LogP contribution >= 0.6 is 22.9 Å². The first-order chi connectivity index (χ1) is 14.0. The summed E-state index contributed by atoms with van der Waals surface area (Å²) in [5, 5.41) is 2.27. The van der Waals surface area contributed by atoms with Crippen LogP contribution in [0.1, 0.15) is 20.0 Å². The Morgan fingerprint density at radius 2 is 1.76 bits per heavy atom. The van der Waals surface area contributed by atoms with Crippen LogP contribution in [0, 0.1) is 0 Å². The van der Waals surface area contributed by atoms with Gasteiger partial charge in [0.05, 0.1) is 30.9 Å². The van der Waals surface area contributed by atoms with Crippen molar-refractivity contribution in [2.24, 2.45) is 0 Å². The Bertz CT molecular complexity index is 869. The summed E-state index contributed by atoms with van der Waals surface area (Å²) >= 11 is 7.42. The summed E-state index contributed by atoms with van der Waals surface area (Å²) in [6.07, 6.45) is -0.679. The topological polar surface area (TPSA) is 74.3 Å². The highest BCUT2D eigenvalue weighted by Crippen LogP contribution is 2.28. The third-order valence-corrected chi connectivity index (χ3v) is 6.21. The van der Waals surface area contributed by atoms with Gasteiger partial charge in [0.1, 0.15) is 28.9 Å². The fraction of sp³-hybridized carbons (Fsp3) is 0.400. The molecule has 0 spiro atoms. The molecule has 1 amide bonds. The number of thiophene rings is 1. The maximum Gasteiger partial charge on any atom is 0.337 e. The Balaban J connectivity index is 1.32. The largest absolute Gasteiger partial charge is 0.486 e. The molecule has 0 aliphatic carbocycles. The van der Waals surface area contributed by atoms with E-state index in [4.69, 9.17) is 25.8 Å². The van der Waals surface area contributed by atoms with Crippen molar-refractivity contribution >= 4 is 34.8 Å². The van der Waals surface area contributed by atoms with E-state index in [0.717, 1.165) is 0 Å². The summed E-state index contributed by atoms with van der Waals surface area (Å²) in [4.78, 5) is 26.4. The van der Waals surface area contributed by atoms with Gasteiger partial charge >= 0.3 is 5.97 Å². The number of esters is 1. The van der Waals surface area contributed by atoms with Crippen molar-refractivity contribution in [1.82, 2.24) is 4.90 Å². The summed E-state index contributed by atoms with van der Waals surface area (Å²) < 4.78 is 22.5. The minimum atomic E-state index is -0.395. The second kappa shape index (κ2) is 8.71. The van der Waals surface area contributed by atoms with Crippen molar-refractivity contribution in [2.45, 2.75) is 18.3 Å². The van der Waals surface area contributed by atoms with Gasteiger partial charge < -0.3 is 23.8 Å². The number of benzene rings is 1. The zero-order valence-electron chi connectivity index (χ0n) is 15.7. The molecule has 2 atom stereocenters. The number of amides is 1. The van der Waals surface area contributed by atoms with Gasteiger partial charge in [0.2, 0.25) is 0 Å². The Kier molecular flexibility index (Phi) is 6.05. The van der Waals surface area contributed by atoms with E-state index in [2.05, 4.69) is 4.74 Å². The van der Waals surface area contributed by atoms with Crippen LogP contribution in [0.2, 0.25) is 5.02 Å². The van der Waals surface area contributed by atoms with E-state index in [1.54, 1.807) is 40.6 Å². The van der Waals surface area contributed by atoms with Crippen LogP contribution in [0.25, 0.3) is 0 Å². The molecule has 1 aromatic carbocycles. The summed E-state index contributed by atoms with van der Waals surface area (Å²) in [6, 6.07) is 8.44. The van der Waals surface area contributed by atoms with E-state index < -0.39 is 5.97 Å². The molecule has 7 nitrogen and oxygen atoms in total. The van der Waals surface area contributed by atoms with Crippen LogP contribution in [-0.4, -0.2) is 68.5 Å². The quantitative estimate of drug-likeness (QED) is 0.685. The van der Waals surface area contributed by atoms with Crippen molar-refractivity contribution in [1.29, 1.82) is 0 Å². The molecule has 0 bridgehead atoms. The van der Waals surface area contributed by atoms with Gasteiger partial charge in [-0.3, -0.25) is 4.79 Å². The third kappa shape index (κ3) is 4.40. The molecular formula is C20H20ClNO6S. The highest BCUT2D eigenvalue weighted by Gasteiger charge is 2.40. The standard InChI is InChI=1S/C20H20ClNO6S/c1-25-20(24)12-2-4-13(5-3-12)28-14-10-26-16-8-22(9-17(16)27-11-14)19(23)18-15(21)6-7-29-18/h2-7,14,16-17H,8-11H2,1H3/t16-,17-/m0/s1. The van der Waals surface area contributed by atoms with E-state index in [1.165, 1.54) is 18.4 Å². The molecule has 4 rings (SSSR count). The molecule has 0 radical (unpaired) electrons. The van der Waals surface area contributed by atoms with Crippen LogP contribution in [0.5, 0.6) is 5.75 Å². The summed E-state index contributed by atoms with van der Waals surface area (Å²) in [6.45, 7) is 1.61. The number of halogens is 1. The first-order valence-electron chi connectivity index (χ1n) is 9.15. The number of hydrogen-bond donors (Lipinski definition) is 0. The SMILES string of the molecule is COC(=O)c1ccc(OC2CO[C@H]3CN(C(=O)c4sccc4Cl)C[C@@H]3OC2)cc1. The molecule has 0 unspecified atom stereocenters. The molecule has 9 heteroatoms. The monoisotopic (exact) mass is 437 g/mol. The predicted molar refractivity (Wildman–Crippen MR) is 107 cm³/mol. The van der Waals surface area contributed by atoms with Crippen LogP contribution in [0.4, 0.5) is 0 Å². The molecule has 2 aliphatic rings. The zero-order valence-corrected chi connectivity index (χ0v) is 17.3. The van der Waals surface area contributed by atoms with Crippen LogP contribution < -0.4 is 4.74 Å². The van der Waals surface area contributed by atoms with E-state index >= 15 is 0 Å². The minimum absolute atomic E-state index is 0.0937. The van der Waals surface area contributed by atoms with Crippen molar-refractivity contribution in [3.63, 3.8) is 0 Å². The molecule has 1 aromatic heterocycles. The Labute approximate surface area is 177 Å². The van der Waals surface area contributed by atoms with Crippen molar-refractivity contribution in [3.05, 3.63) is 51.2 Å². The smallest absolute Gasteiger partial charge is 0.337 e. The normalized spacial score (nSPS) is 22.1. The number of likely N-dealkylation sites (tertiary alicyclic amines) is 1. The minimum Gasteiger partial charge on any atom is -0.486 e. The number of ether oxygens (including phenoxy) is 4. The molecule has 2 saturated heterocycles. The number of methoxy groups -OCH3 is 1. The van der Waals surface area contributed by atoms with Gasteiger partial charge in [0.25, 0.3) is 5.91 Å². The molecule has 3 heterocycles. The Hall–Kier alpha value is -2.13. The Morgan fingerprint density at radius 3 is 2.31 bits per heavy atom. The molecule has 0 N–H and O–H groups in total. The third-order valence-electron chi connectivity index (χ3n) is 4.88. The number of hydrogen-bond acceptors (Lipinski definition) is 7. The lowest BCUT2D eigenvalue weighted by atomic mass is 10.2. The van der Waals surface area contributed by atoms with Crippen LogP contribution in [0.15, 0.2) is 35.7 Å². The maximum atomic E-state index is 12.6. The lowest BCUT2D eigenvalue weighted by Gasteiger charge is -2.19. The molecular weight excluding hydrogens is 418 g/mol. The van der Waals surface area contributed by atoms with Gasteiger partial charge in [-0.25, -0.2) is 4.79 Å². The van der Waals surface area contributed by atoms with Crippen molar-refractivity contribution in [3.8, 4) is 5.75 Å². The Morgan fingerprint density at radius 1 is 1.10 bits per heavy atom. The van der Waals surface area contributed by atoms with Crippen LogP contribution in [0.3, 0.4) is 0 Å². The molecule has 2 fully saturated rings. The lowest BCUT2D eigenvalue weighted by molar-refractivity contribution is -0.00461. The number of carbonyl (C=O) groups is 2. The second-order valence-electron chi connectivity index (χ2n) is 6.81. The van der Waals surface area contributed by atoms with Crippen molar-refractivity contribution in [2.75, 3.05) is 33.4 Å². The van der Waals surface area contributed by atoms with E-state index in [1.807, 2.05) is 0 Å². The number of fused-ring (bicyclic) bond motifs is 1. The average molecular weight is 438 g/mol. The van der Waals surface area contributed by atoms with E-state index in [9.17, 15) is 9.59 Å². The molecule has 2 aromatic rings. The number of carbonyl (C=O) groups excluding carboxylic acids is 2. The fourth-order valence-corrected chi connectivity index (χ4v) is 4.48. The highest BCUT2D eigenvalue weighted by molar-refractivity contribution is 7.12. The molecule has 0 saturated carbocycles. The van der Waals surface area contributed by atoms with Gasteiger partial charge in [-0.15, -0.1) is 11.3 Å². The molecule has 29 heavy (non-hydrogen) atoms. The summed E-state index contributed by atoms with van der Waals surface area (Å²) in [5.74, 6) is 0.128. The van der Waals surface area contributed by atoms with E-state index in [-0.39, 0.29) is 24.2 Å². The second-order valence-corrected chi connectivity index (χ2v) is 8.13. The maximum absolute atomic E-state index is 12.6. The molecule has 2 aliphatic heterocycles. The van der Waals surface area contributed by atoms with Gasteiger partial charge in [0, 0.05) is 13.1 Å². The van der Waals surface area contributed by atoms with Gasteiger partial charge in [0.15, 0.2) is 0 Å². The predicted octanol–water partition coefficient (Wildman–Crippen LogP) is 2.88. The van der Waals surface area contributed by atoms with Crippen LogP contribution in [-0.2, 0) is 14.2 Å². The van der Waals surface area contributed by atoms with E-state index in [0.29, 0.717) is 47.5 Å². The first kappa shape index (κ1) is 20.2. The number of rotatable bonds is 4. The first-order valence-corrected chi connectivity index (χ1v) is 10.4. The highest BCUT2D eigenvalue weighted by atomic mass is 35.5. The van der Waals surface area contributed by atoms with Crippen molar-refractivity contribution < 1.29 is 28.5 Å². The summed E-state index contributed by atoms with van der Waals surface area (Å²) in [7, 11) is 1.34. The number of nitrogens with zero attached hydrogens (tertiary/aromatic N) is 1. The average Bonchev–Trinajstić information content (AvgIpc) is 3.31. The van der Waals surface area contributed by atoms with Gasteiger partial charge in [-0.05, 0) is 35.7 Å². The lowest BCUT2D eigenvalue weighted by Crippen LogP contribution is -2.32.